The maximum Gasteiger partial charge on any atom is 0.264 e. The first-order chi connectivity index (χ1) is 19.6. The third-order valence-corrected chi connectivity index (χ3v) is 10.1. The van der Waals surface area contributed by atoms with E-state index in [2.05, 4.69) is 29.7 Å². The second-order valence-electron chi connectivity index (χ2n) is 11.4. The van der Waals surface area contributed by atoms with Crippen LogP contribution in [0.2, 0.25) is 5.02 Å². The Bertz CT molecular complexity index is 1380. The number of carbonyl (C=O) groups excluding carboxylic acids is 1. The van der Waals surface area contributed by atoms with Gasteiger partial charge in [0.2, 0.25) is 10.0 Å². The summed E-state index contributed by atoms with van der Waals surface area (Å²) in [5.74, 6) is -0.0326. The molecule has 2 aliphatic rings. The third-order valence-electron chi connectivity index (χ3n) is 8.63. The monoisotopic (exact) mass is 600 g/mol. The van der Waals surface area contributed by atoms with Crippen molar-refractivity contribution in [3.05, 3.63) is 83.4 Å². The second kappa shape index (κ2) is 13.4. The summed E-state index contributed by atoms with van der Waals surface area (Å²) in [4.78, 5) is 15.3. The summed E-state index contributed by atoms with van der Waals surface area (Å²) in [6.45, 7) is 11.2. The highest BCUT2D eigenvalue weighted by Crippen LogP contribution is 2.51. The van der Waals surface area contributed by atoms with Gasteiger partial charge in [0.1, 0.15) is 12.4 Å². The number of fused-ring (bicyclic) bond motifs is 2. The highest BCUT2D eigenvalue weighted by Gasteiger charge is 2.48. The Balaban J connectivity index is 1.67. The highest BCUT2D eigenvalue weighted by molar-refractivity contribution is 7.90. The van der Waals surface area contributed by atoms with Crippen molar-refractivity contribution < 1.29 is 23.1 Å². The van der Waals surface area contributed by atoms with Gasteiger partial charge in [-0.25, -0.2) is 13.1 Å². The summed E-state index contributed by atoms with van der Waals surface area (Å²) in [5.41, 5.74) is 2.97. The number of halogens is 1. The van der Waals surface area contributed by atoms with E-state index in [1.807, 2.05) is 18.2 Å². The molecule has 1 heterocycles. The molecular weight excluding hydrogens is 560 g/mol. The molecule has 0 radical (unpaired) electrons. The van der Waals surface area contributed by atoms with E-state index in [0.717, 1.165) is 55.5 Å². The Hall–Kier alpha value is -2.81. The number of carbonyl (C=O) groups is 1. The molecule has 1 amide bonds. The zero-order valence-electron chi connectivity index (χ0n) is 23.8. The molecule has 0 spiro atoms. The van der Waals surface area contributed by atoms with Crippen molar-refractivity contribution in [1.29, 1.82) is 0 Å². The Morgan fingerprint density at radius 3 is 2.73 bits per heavy atom. The molecule has 1 fully saturated rings. The van der Waals surface area contributed by atoms with Crippen molar-refractivity contribution >= 4 is 33.2 Å². The number of amides is 1. The van der Waals surface area contributed by atoms with Gasteiger partial charge in [-0.2, -0.15) is 0 Å². The summed E-state index contributed by atoms with van der Waals surface area (Å²) < 4.78 is 33.4. The topological polar surface area (TPSA) is 95.9 Å². The van der Waals surface area contributed by atoms with Gasteiger partial charge in [0.15, 0.2) is 0 Å². The molecule has 2 N–H and O–H groups in total. The smallest absolute Gasteiger partial charge is 0.264 e. The molecule has 1 aliphatic carbocycles. The van der Waals surface area contributed by atoms with E-state index in [-0.39, 0.29) is 29.1 Å². The molecule has 7 nitrogen and oxygen atoms in total. The van der Waals surface area contributed by atoms with Gasteiger partial charge in [-0.3, -0.25) is 4.79 Å². The SMILES string of the molecule is C=CCCS(=O)(=O)NC(=O)c1ccc2c(c1)N(C[C@@H]1CC[C@@]1(C)[C@H](O)CC=C)CCCCc1cc(Cl)ccc1CO2. The lowest BCUT2D eigenvalue weighted by Crippen LogP contribution is -2.51. The number of anilines is 1. The summed E-state index contributed by atoms with van der Waals surface area (Å²) in [6, 6.07) is 10.9. The maximum atomic E-state index is 13.1. The second-order valence-corrected chi connectivity index (χ2v) is 13.7. The quantitative estimate of drug-likeness (QED) is 0.322. The molecule has 0 aromatic heterocycles. The fourth-order valence-corrected chi connectivity index (χ4v) is 6.98. The maximum absolute atomic E-state index is 13.1. The molecule has 1 saturated carbocycles. The number of ether oxygens (including phenoxy) is 1. The van der Waals surface area contributed by atoms with Crippen molar-refractivity contribution in [2.75, 3.05) is 23.7 Å². The van der Waals surface area contributed by atoms with Gasteiger partial charge >= 0.3 is 0 Å². The molecule has 9 heteroatoms. The lowest BCUT2D eigenvalue weighted by atomic mass is 9.57. The fourth-order valence-electron chi connectivity index (χ4n) is 5.80. The van der Waals surface area contributed by atoms with E-state index >= 15 is 0 Å². The van der Waals surface area contributed by atoms with E-state index in [4.69, 9.17) is 16.3 Å². The fraction of sp³-hybridized carbons (Fsp3) is 0.469. The predicted octanol–water partition coefficient (Wildman–Crippen LogP) is 6.05. The number of rotatable bonds is 10. The van der Waals surface area contributed by atoms with Gasteiger partial charge in [-0.15, -0.1) is 13.2 Å². The number of hydrogen-bond acceptors (Lipinski definition) is 6. The minimum absolute atomic E-state index is 0.209. The van der Waals surface area contributed by atoms with Crippen LogP contribution in [0.15, 0.2) is 61.7 Å². The molecule has 0 unspecified atom stereocenters. The van der Waals surface area contributed by atoms with E-state index in [1.54, 1.807) is 24.3 Å². The van der Waals surface area contributed by atoms with Crippen LogP contribution in [0.3, 0.4) is 0 Å². The first-order valence-electron chi connectivity index (χ1n) is 14.3. The van der Waals surface area contributed by atoms with E-state index in [1.165, 1.54) is 6.08 Å². The first kappa shape index (κ1) is 31.1. The number of aryl methyl sites for hydroxylation is 1. The Morgan fingerprint density at radius 2 is 2.02 bits per heavy atom. The number of nitrogens with one attached hydrogen (secondary N) is 1. The van der Waals surface area contributed by atoms with E-state index in [9.17, 15) is 18.3 Å². The summed E-state index contributed by atoms with van der Waals surface area (Å²) in [6.07, 6.45) is 8.22. The molecule has 1 aliphatic heterocycles. The number of allylic oxidation sites excluding steroid dienone is 1. The van der Waals surface area contributed by atoms with Gasteiger partial charge in [0.25, 0.3) is 5.91 Å². The van der Waals surface area contributed by atoms with Gasteiger partial charge < -0.3 is 14.7 Å². The van der Waals surface area contributed by atoms with Gasteiger partial charge in [-0.05, 0) is 97.7 Å². The van der Waals surface area contributed by atoms with Crippen molar-refractivity contribution in [2.24, 2.45) is 11.3 Å². The van der Waals surface area contributed by atoms with Gasteiger partial charge in [-0.1, -0.05) is 36.7 Å². The van der Waals surface area contributed by atoms with Crippen LogP contribution >= 0.6 is 11.6 Å². The number of hydrogen-bond donors (Lipinski definition) is 2. The van der Waals surface area contributed by atoms with Gasteiger partial charge in [0.05, 0.1) is 17.5 Å². The Labute approximate surface area is 249 Å². The number of aliphatic hydroxyl groups is 1. The Kier molecular flexibility index (Phi) is 10.2. The van der Waals surface area contributed by atoms with Crippen molar-refractivity contribution in [1.82, 2.24) is 4.72 Å². The van der Waals surface area contributed by atoms with E-state index in [0.29, 0.717) is 30.3 Å². The summed E-state index contributed by atoms with van der Waals surface area (Å²) in [7, 11) is -3.80. The largest absolute Gasteiger partial charge is 0.487 e. The van der Waals surface area contributed by atoms with Crippen LogP contribution in [0.1, 0.15) is 66.9 Å². The van der Waals surface area contributed by atoms with Crippen LogP contribution in [0.25, 0.3) is 0 Å². The van der Waals surface area contributed by atoms with Crippen LogP contribution in [0, 0.1) is 11.3 Å². The zero-order chi connectivity index (χ0) is 29.6. The number of benzene rings is 2. The Morgan fingerprint density at radius 1 is 1.22 bits per heavy atom. The average molecular weight is 601 g/mol. The minimum atomic E-state index is -3.80. The molecule has 2 aromatic carbocycles. The molecule has 41 heavy (non-hydrogen) atoms. The van der Waals surface area contributed by atoms with Crippen molar-refractivity contribution in [2.45, 2.75) is 64.6 Å². The summed E-state index contributed by atoms with van der Waals surface area (Å²) in [5, 5.41) is 11.6. The van der Waals surface area contributed by atoms with Crippen LogP contribution in [0.5, 0.6) is 5.75 Å². The minimum Gasteiger partial charge on any atom is -0.487 e. The normalized spacial score (nSPS) is 21.6. The molecule has 2 aromatic rings. The third kappa shape index (κ3) is 7.53. The average Bonchev–Trinajstić information content (AvgIpc) is 2.96. The van der Waals surface area contributed by atoms with Crippen LogP contribution in [-0.2, 0) is 23.1 Å². The van der Waals surface area contributed by atoms with Crippen LogP contribution in [-0.4, -0.2) is 44.4 Å². The number of aliphatic hydroxyl groups excluding tert-OH is 1. The highest BCUT2D eigenvalue weighted by atomic mass is 35.5. The van der Waals surface area contributed by atoms with Crippen molar-refractivity contribution in [3.8, 4) is 5.75 Å². The number of nitrogens with zero attached hydrogens (tertiary/aromatic N) is 1. The standard InChI is InChI=1S/C32H41ClN2O5S/c1-4-6-18-41(38,39)34-31(37)24-12-14-29-28(20-24)35(21-26-15-16-32(26,3)30(36)9-5-2)17-8-7-10-23-19-27(33)13-11-25(23)22-40-29/h4-5,11-14,19-20,26,30,36H,1-2,6-10,15-18,21-22H2,3H3,(H,34,37)/t26-,30+,32+/m0/s1. The molecule has 4 rings (SSSR count). The van der Waals surface area contributed by atoms with Crippen LogP contribution < -0.4 is 14.4 Å². The van der Waals surface area contributed by atoms with Gasteiger partial charge in [0, 0.05) is 23.7 Å². The molecule has 0 saturated heterocycles. The van der Waals surface area contributed by atoms with Crippen molar-refractivity contribution in [3.63, 3.8) is 0 Å². The first-order valence-corrected chi connectivity index (χ1v) is 16.3. The van der Waals surface area contributed by atoms with E-state index < -0.39 is 22.0 Å². The van der Waals surface area contributed by atoms with Crippen LogP contribution in [0.4, 0.5) is 5.69 Å². The molecular formula is C32H41ClN2O5S. The summed E-state index contributed by atoms with van der Waals surface area (Å²) >= 11 is 6.29. The molecule has 3 atom stereocenters. The predicted molar refractivity (Wildman–Crippen MR) is 165 cm³/mol. The molecule has 222 valence electrons. The molecule has 0 bridgehead atoms. The lowest BCUT2D eigenvalue weighted by Gasteiger charge is -2.52. The lowest BCUT2D eigenvalue weighted by molar-refractivity contribution is -0.0693. The number of sulfonamides is 1. The zero-order valence-corrected chi connectivity index (χ0v) is 25.4.